The molecule has 2 N–H and O–H groups in total. The van der Waals surface area contributed by atoms with Gasteiger partial charge in [0.05, 0.1) is 24.7 Å². The first kappa shape index (κ1) is 26.6. The summed E-state index contributed by atoms with van der Waals surface area (Å²) in [4.78, 5) is 51.3. The molecule has 1 unspecified atom stereocenters. The zero-order valence-electron chi connectivity index (χ0n) is 19.0. The molecular weight excluding hydrogens is 463 g/mol. The molecule has 0 aliphatic carbocycles. The highest BCUT2D eigenvalue weighted by Gasteiger charge is 2.59. The molecule has 1 aliphatic rings. The van der Waals surface area contributed by atoms with Crippen molar-refractivity contribution >= 4 is 37.4 Å². The Balaban J connectivity index is 1.94. The Kier molecular flexibility index (Phi) is 8.71. The Hall–Kier alpha value is -1.69. The van der Waals surface area contributed by atoms with Crippen molar-refractivity contribution in [2.45, 2.75) is 52.6 Å². The summed E-state index contributed by atoms with van der Waals surface area (Å²) in [6.45, 7) is 8.58. The van der Waals surface area contributed by atoms with Crippen LogP contribution in [0.5, 0.6) is 0 Å². The van der Waals surface area contributed by atoms with Crippen LogP contribution in [-0.4, -0.2) is 60.9 Å². The molecule has 1 saturated heterocycles. The van der Waals surface area contributed by atoms with Crippen molar-refractivity contribution in [3.05, 3.63) is 16.1 Å². The van der Waals surface area contributed by atoms with Gasteiger partial charge >= 0.3 is 20.1 Å². The van der Waals surface area contributed by atoms with Gasteiger partial charge in [-0.15, -0.1) is 20.4 Å². The van der Waals surface area contributed by atoms with Crippen molar-refractivity contribution in [2.24, 2.45) is 5.41 Å². The second-order valence-electron chi connectivity index (χ2n) is 8.79. The number of nitrogens with zero attached hydrogens (tertiary/aromatic N) is 1. The minimum atomic E-state index is -3.93. The molecule has 0 aromatic carbocycles. The van der Waals surface area contributed by atoms with E-state index in [4.69, 9.17) is 18.3 Å². The topological polar surface area (TPSA) is 143 Å². The van der Waals surface area contributed by atoms with Crippen molar-refractivity contribution in [2.75, 3.05) is 27.1 Å². The Morgan fingerprint density at radius 3 is 2.69 bits per heavy atom. The molecule has 180 valence electrons. The van der Waals surface area contributed by atoms with Gasteiger partial charge in [0.15, 0.2) is 6.10 Å². The first-order chi connectivity index (χ1) is 14.8. The molecule has 1 aliphatic heterocycles. The zero-order valence-corrected chi connectivity index (χ0v) is 20.7. The Morgan fingerprint density at radius 1 is 1.38 bits per heavy atom. The normalized spacial score (nSPS) is 22.8. The quantitative estimate of drug-likeness (QED) is 0.315. The van der Waals surface area contributed by atoms with Gasteiger partial charge in [-0.2, -0.15) is 9.42 Å². The van der Waals surface area contributed by atoms with Gasteiger partial charge in [-0.3, -0.25) is 9.59 Å². The van der Waals surface area contributed by atoms with E-state index < -0.39 is 44.3 Å². The van der Waals surface area contributed by atoms with E-state index in [1.54, 1.807) is 19.4 Å². The molecular formula is C19H30N2O9PS+. The van der Waals surface area contributed by atoms with Crippen LogP contribution in [0, 0.1) is 5.41 Å². The largest absolute Gasteiger partial charge is 0.576 e. The van der Waals surface area contributed by atoms with E-state index in [2.05, 4.69) is 15.0 Å². The summed E-state index contributed by atoms with van der Waals surface area (Å²) in [6.07, 6.45) is -1.12. The maximum absolute atomic E-state index is 12.6. The number of hydrogen-bond acceptors (Lipinski definition) is 11. The van der Waals surface area contributed by atoms with Crippen LogP contribution in [0.2, 0.25) is 0 Å². The van der Waals surface area contributed by atoms with E-state index in [-0.39, 0.29) is 25.0 Å². The predicted octanol–water partition coefficient (Wildman–Crippen LogP) is 2.36. The highest BCUT2D eigenvalue weighted by molar-refractivity contribution is 7.55. The summed E-state index contributed by atoms with van der Waals surface area (Å²) in [5, 5.41) is 2.56. The number of ether oxygens (including phenoxy) is 2. The monoisotopic (exact) mass is 493 g/mol. The number of aromatic nitrogens is 1. The SMILES string of the molecule is COC(=O)CCNC(=O)[C@@H]1O[P+](O)(OCOC(=O)c2scnc2C(C)(C)C)OCC1(C)C. The minimum Gasteiger partial charge on any atom is -0.469 e. The Morgan fingerprint density at radius 2 is 2.06 bits per heavy atom. The number of carbonyl (C=O) groups excluding carboxylic acids is 3. The molecule has 32 heavy (non-hydrogen) atoms. The summed E-state index contributed by atoms with van der Waals surface area (Å²) in [5.41, 5.74) is 1.01. The number of thiazole rings is 1. The molecule has 0 radical (unpaired) electrons. The van der Waals surface area contributed by atoms with Crippen LogP contribution < -0.4 is 5.32 Å². The molecule has 2 rings (SSSR count). The summed E-state index contributed by atoms with van der Waals surface area (Å²) < 4.78 is 25.7. The van der Waals surface area contributed by atoms with Gasteiger partial charge in [0, 0.05) is 17.4 Å². The highest BCUT2D eigenvalue weighted by Crippen LogP contribution is 2.63. The summed E-state index contributed by atoms with van der Waals surface area (Å²) in [6, 6.07) is 0. The van der Waals surface area contributed by atoms with Crippen molar-refractivity contribution < 1.29 is 42.3 Å². The average molecular weight is 493 g/mol. The predicted molar refractivity (Wildman–Crippen MR) is 116 cm³/mol. The fourth-order valence-corrected chi connectivity index (χ4v) is 5.13. The Labute approximate surface area is 191 Å². The second-order valence-corrected chi connectivity index (χ2v) is 11.3. The first-order valence-electron chi connectivity index (χ1n) is 9.84. The van der Waals surface area contributed by atoms with E-state index in [1.165, 1.54) is 7.11 Å². The van der Waals surface area contributed by atoms with Gasteiger partial charge in [-0.05, 0) is 0 Å². The number of esters is 2. The zero-order chi connectivity index (χ0) is 24.2. The van der Waals surface area contributed by atoms with Gasteiger partial charge in [0.2, 0.25) is 6.79 Å². The first-order valence-corrected chi connectivity index (χ1v) is 12.2. The van der Waals surface area contributed by atoms with Gasteiger partial charge < -0.3 is 14.8 Å². The number of rotatable bonds is 8. The average Bonchev–Trinajstić information content (AvgIpc) is 3.20. The van der Waals surface area contributed by atoms with E-state index in [0.29, 0.717) is 10.6 Å². The summed E-state index contributed by atoms with van der Waals surface area (Å²) in [7, 11) is -2.68. The molecule has 1 aromatic rings. The third-order valence-corrected chi connectivity index (χ3v) is 6.68. The molecule has 11 nitrogen and oxygen atoms in total. The third-order valence-electron chi connectivity index (χ3n) is 4.51. The number of methoxy groups -OCH3 is 1. The lowest BCUT2D eigenvalue weighted by molar-refractivity contribution is -0.146. The molecule has 2 heterocycles. The fraction of sp³-hybridized carbons (Fsp3) is 0.684. The number of nitrogens with one attached hydrogen (secondary N) is 1. The second kappa shape index (κ2) is 10.5. The van der Waals surface area contributed by atoms with Gasteiger partial charge in [-0.1, -0.05) is 34.6 Å². The molecule has 0 spiro atoms. The number of hydrogen-bond donors (Lipinski definition) is 2. The van der Waals surface area contributed by atoms with Crippen molar-refractivity contribution in [3.8, 4) is 0 Å². The van der Waals surface area contributed by atoms with Crippen LogP contribution in [0.4, 0.5) is 0 Å². The number of carbonyl (C=O) groups is 3. The molecule has 0 saturated carbocycles. The van der Waals surface area contributed by atoms with E-state index in [9.17, 15) is 19.3 Å². The molecule has 1 aromatic heterocycles. The lowest BCUT2D eigenvalue weighted by Gasteiger charge is -2.36. The standard InChI is InChI=1S/C19H29N2O9PS/c1-18(2,3)14-13(32-10-21-14)17(24)27-11-29-31(25)28-9-19(4,5)15(30-31)16(23)20-8-7-12(22)26-6/h10,15,25H,7-9,11H2,1-6H3/p+1/t15-,31?/m0/s1. The van der Waals surface area contributed by atoms with Crippen LogP contribution >= 0.6 is 19.5 Å². The highest BCUT2D eigenvalue weighted by atomic mass is 32.1. The number of amides is 1. The lowest BCUT2D eigenvalue weighted by atomic mass is 9.87. The lowest BCUT2D eigenvalue weighted by Crippen LogP contribution is -2.50. The van der Waals surface area contributed by atoms with Crippen LogP contribution in [0.15, 0.2) is 5.51 Å². The van der Waals surface area contributed by atoms with Crippen molar-refractivity contribution in [1.29, 1.82) is 0 Å². The molecule has 2 atom stereocenters. The van der Waals surface area contributed by atoms with Crippen LogP contribution in [0.25, 0.3) is 0 Å². The maximum Gasteiger partial charge on any atom is 0.576 e. The van der Waals surface area contributed by atoms with Crippen LogP contribution in [0.1, 0.15) is 56.4 Å². The molecule has 13 heteroatoms. The fourth-order valence-electron chi connectivity index (χ4n) is 2.72. The molecule has 1 fully saturated rings. The van der Waals surface area contributed by atoms with Gasteiger partial charge in [0.25, 0.3) is 5.91 Å². The van der Waals surface area contributed by atoms with Crippen molar-refractivity contribution in [1.82, 2.24) is 10.3 Å². The van der Waals surface area contributed by atoms with Gasteiger partial charge in [-0.25, -0.2) is 9.78 Å². The van der Waals surface area contributed by atoms with Crippen LogP contribution in [-0.2, 0) is 38.0 Å². The van der Waals surface area contributed by atoms with Crippen LogP contribution in [0.3, 0.4) is 0 Å². The summed E-state index contributed by atoms with van der Waals surface area (Å²) in [5.74, 6) is -1.67. The van der Waals surface area contributed by atoms with E-state index in [0.717, 1.165) is 11.3 Å². The smallest absolute Gasteiger partial charge is 0.469 e. The summed E-state index contributed by atoms with van der Waals surface area (Å²) >= 11 is 1.14. The van der Waals surface area contributed by atoms with Crippen molar-refractivity contribution in [3.63, 3.8) is 0 Å². The van der Waals surface area contributed by atoms with Gasteiger partial charge in [0.1, 0.15) is 11.5 Å². The Bertz CT molecular complexity index is 839. The van der Waals surface area contributed by atoms with E-state index in [1.807, 2.05) is 20.8 Å². The van der Waals surface area contributed by atoms with E-state index >= 15 is 0 Å². The third kappa shape index (κ3) is 6.90. The molecule has 0 bridgehead atoms. The minimum absolute atomic E-state index is 0.00805. The maximum atomic E-state index is 12.6. The molecule has 1 amide bonds.